The van der Waals surface area contributed by atoms with Gasteiger partial charge in [0.25, 0.3) is 0 Å². The molecule has 1 aliphatic rings. The number of hydrogen-bond donors (Lipinski definition) is 0. The van der Waals surface area contributed by atoms with E-state index in [1.807, 2.05) is 20.9 Å². The molecule has 2 aromatic heterocycles. The molecule has 0 aromatic carbocycles. The average Bonchev–Trinajstić information content (AvgIpc) is 3.16. The Hall–Kier alpha value is -1.69. The summed E-state index contributed by atoms with van der Waals surface area (Å²) in [5.41, 5.74) is 2.08. The highest BCUT2D eigenvalue weighted by atomic mass is 16.5. The summed E-state index contributed by atoms with van der Waals surface area (Å²) in [5.74, 6) is 2.91. The van der Waals surface area contributed by atoms with E-state index in [1.165, 1.54) is 25.7 Å². The molecule has 2 heterocycles. The van der Waals surface area contributed by atoms with E-state index in [4.69, 9.17) is 9.05 Å². The Morgan fingerprint density at radius 2 is 1.86 bits per heavy atom. The first kappa shape index (κ1) is 14.3. The van der Waals surface area contributed by atoms with Crippen LogP contribution in [0.2, 0.25) is 0 Å². The minimum Gasteiger partial charge on any atom is -0.361 e. The molecule has 21 heavy (non-hydrogen) atoms. The first-order valence-electron chi connectivity index (χ1n) is 7.56. The maximum absolute atomic E-state index is 5.41. The van der Waals surface area contributed by atoms with Crippen LogP contribution < -0.4 is 0 Å². The van der Waals surface area contributed by atoms with E-state index in [9.17, 15) is 0 Å². The summed E-state index contributed by atoms with van der Waals surface area (Å²) in [5, 5.41) is 8.09. The van der Waals surface area contributed by atoms with Crippen LogP contribution in [0.4, 0.5) is 0 Å². The van der Waals surface area contributed by atoms with Crippen molar-refractivity contribution in [3.63, 3.8) is 0 Å². The van der Waals surface area contributed by atoms with Gasteiger partial charge >= 0.3 is 0 Å². The molecule has 6 nitrogen and oxygen atoms in total. The molecule has 2 aromatic rings. The second kappa shape index (κ2) is 5.97. The Morgan fingerprint density at radius 3 is 2.52 bits per heavy atom. The molecule has 0 atom stereocenters. The van der Waals surface area contributed by atoms with Crippen LogP contribution in [0.15, 0.2) is 9.05 Å². The molecule has 0 bridgehead atoms. The Balaban J connectivity index is 1.61. The zero-order chi connectivity index (χ0) is 14.8. The maximum atomic E-state index is 5.41. The van der Waals surface area contributed by atoms with Crippen molar-refractivity contribution in [2.24, 2.45) is 0 Å². The Labute approximate surface area is 124 Å². The minimum absolute atomic E-state index is 0.471. The first-order chi connectivity index (χ1) is 10.1. The maximum Gasteiger partial charge on any atom is 0.229 e. The lowest BCUT2D eigenvalue weighted by molar-refractivity contribution is 0.295. The zero-order valence-corrected chi connectivity index (χ0v) is 12.9. The standard InChI is InChI=1S/C15H22N4O2/c1-10-13(11(2)20-17-10)8-19(3)9-14-16-15(21-18-14)12-6-4-5-7-12/h12H,4-9H2,1-3H3. The molecule has 0 radical (unpaired) electrons. The fourth-order valence-corrected chi connectivity index (χ4v) is 2.97. The number of rotatable bonds is 5. The highest BCUT2D eigenvalue weighted by Gasteiger charge is 2.23. The van der Waals surface area contributed by atoms with Gasteiger partial charge in [0, 0.05) is 18.0 Å². The normalized spacial score (nSPS) is 16.2. The molecule has 0 N–H and O–H groups in total. The van der Waals surface area contributed by atoms with Crippen LogP contribution >= 0.6 is 0 Å². The first-order valence-corrected chi connectivity index (χ1v) is 7.56. The van der Waals surface area contributed by atoms with Gasteiger partial charge in [-0.05, 0) is 33.7 Å². The Kier molecular flexibility index (Phi) is 4.05. The summed E-state index contributed by atoms with van der Waals surface area (Å²) in [4.78, 5) is 6.70. The summed E-state index contributed by atoms with van der Waals surface area (Å²) in [6.07, 6.45) is 4.90. The van der Waals surface area contributed by atoms with Gasteiger partial charge in [-0.1, -0.05) is 23.2 Å². The molecule has 114 valence electrons. The third-order valence-electron chi connectivity index (χ3n) is 4.21. The lowest BCUT2D eigenvalue weighted by Gasteiger charge is -2.13. The van der Waals surface area contributed by atoms with Gasteiger partial charge in [0.05, 0.1) is 12.2 Å². The van der Waals surface area contributed by atoms with Crippen molar-refractivity contribution in [1.29, 1.82) is 0 Å². The van der Waals surface area contributed by atoms with Gasteiger partial charge in [-0.15, -0.1) is 0 Å². The largest absolute Gasteiger partial charge is 0.361 e. The molecule has 1 fully saturated rings. The number of nitrogens with zero attached hydrogens (tertiary/aromatic N) is 4. The molecule has 0 spiro atoms. The lowest BCUT2D eigenvalue weighted by Crippen LogP contribution is -2.18. The van der Waals surface area contributed by atoms with E-state index in [0.717, 1.165) is 35.3 Å². The van der Waals surface area contributed by atoms with Crippen molar-refractivity contribution in [3.05, 3.63) is 28.7 Å². The van der Waals surface area contributed by atoms with Crippen LogP contribution in [-0.4, -0.2) is 27.2 Å². The quantitative estimate of drug-likeness (QED) is 0.843. The average molecular weight is 290 g/mol. The van der Waals surface area contributed by atoms with Gasteiger partial charge in [0.1, 0.15) is 5.76 Å². The van der Waals surface area contributed by atoms with Gasteiger partial charge in [0.15, 0.2) is 5.82 Å². The molecular formula is C15H22N4O2. The molecule has 6 heteroatoms. The molecule has 3 rings (SSSR count). The SMILES string of the molecule is Cc1noc(C)c1CN(C)Cc1noc(C2CCCC2)n1. The van der Waals surface area contributed by atoms with E-state index in [-0.39, 0.29) is 0 Å². The van der Waals surface area contributed by atoms with E-state index < -0.39 is 0 Å². The van der Waals surface area contributed by atoms with E-state index in [2.05, 4.69) is 20.2 Å². The molecule has 0 saturated heterocycles. The van der Waals surface area contributed by atoms with Crippen molar-refractivity contribution in [2.75, 3.05) is 7.05 Å². The van der Waals surface area contributed by atoms with Crippen LogP contribution in [0.5, 0.6) is 0 Å². The Bertz CT molecular complexity index is 579. The van der Waals surface area contributed by atoms with E-state index in [0.29, 0.717) is 12.5 Å². The number of aromatic nitrogens is 3. The summed E-state index contributed by atoms with van der Waals surface area (Å²) >= 11 is 0. The van der Waals surface area contributed by atoms with Crippen LogP contribution in [0.25, 0.3) is 0 Å². The summed E-state index contributed by atoms with van der Waals surface area (Å²) in [7, 11) is 2.04. The van der Waals surface area contributed by atoms with Gasteiger partial charge < -0.3 is 9.05 Å². The summed E-state index contributed by atoms with van der Waals surface area (Å²) < 4.78 is 10.6. The number of hydrogen-bond acceptors (Lipinski definition) is 6. The monoisotopic (exact) mass is 290 g/mol. The fourth-order valence-electron chi connectivity index (χ4n) is 2.97. The molecule has 1 aliphatic carbocycles. The van der Waals surface area contributed by atoms with Crippen LogP contribution in [-0.2, 0) is 13.1 Å². The smallest absolute Gasteiger partial charge is 0.229 e. The van der Waals surface area contributed by atoms with E-state index in [1.54, 1.807) is 0 Å². The predicted molar refractivity (Wildman–Crippen MR) is 76.7 cm³/mol. The Morgan fingerprint density at radius 1 is 1.10 bits per heavy atom. The fraction of sp³-hybridized carbons (Fsp3) is 0.667. The van der Waals surface area contributed by atoms with Gasteiger partial charge in [0.2, 0.25) is 5.89 Å². The summed E-state index contributed by atoms with van der Waals surface area (Å²) in [6.45, 7) is 5.34. The van der Waals surface area contributed by atoms with Crippen molar-refractivity contribution < 1.29 is 9.05 Å². The molecule has 1 saturated carbocycles. The van der Waals surface area contributed by atoms with Gasteiger partial charge in [-0.25, -0.2) is 0 Å². The minimum atomic E-state index is 0.471. The highest BCUT2D eigenvalue weighted by Crippen LogP contribution is 2.32. The van der Waals surface area contributed by atoms with Gasteiger partial charge in [-0.2, -0.15) is 4.98 Å². The van der Waals surface area contributed by atoms with Crippen LogP contribution in [0.1, 0.15) is 60.3 Å². The third kappa shape index (κ3) is 3.15. The van der Waals surface area contributed by atoms with Gasteiger partial charge in [-0.3, -0.25) is 4.90 Å². The van der Waals surface area contributed by atoms with Crippen molar-refractivity contribution >= 4 is 0 Å². The van der Waals surface area contributed by atoms with Crippen LogP contribution in [0, 0.1) is 13.8 Å². The second-order valence-electron chi connectivity index (χ2n) is 6.01. The predicted octanol–water partition coefficient (Wildman–Crippen LogP) is 2.96. The number of aryl methyl sites for hydroxylation is 2. The van der Waals surface area contributed by atoms with Crippen LogP contribution in [0.3, 0.4) is 0 Å². The summed E-state index contributed by atoms with van der Waals surface area (Å²) in [6, 6.07) is 0. The molecule has 0 unspecified atom stereocenters. The molecule has 0 amide bonds. The second-order valence-corrected chi connectivity index (χ2v) is 6.01. The lowest BCUT2D eigenvalue weighted by atomic mass is 10.1. The molecule has 0 aliphatic heterocycles. The topological polar surface area (TPSA) is 68.2 Å². The highest BCUT2D eigenvalue weighted by molar-refractivity contribution is 5.20. The van der Waals surface area contributed by atoms with E-state index >= 15 is 0 Å². The molecular weight excluding hydrogens is 268 g/mol. The zero-order valence-electron chi connectivity index (χ0n) is 12.9. The third-order valence-corrected chi connectivity index (χ3v) is 4.21. The van der Waals surface area contributed by atoms with Crippen molar-refractivity contribution in [3.8, 4) is 0 Å². The van der Waals surface area contributed by atoms with Crippen molar-refractivity contribution in [1.82, 2.24) is 20.2 Å². The van der Waals surface area contributed by atoms with Crippen molar-refractivity contribution in [2.45, 2.75) is 58.5 Å².